The van der Waals surface area contributed by atoms with Gasteiger partial charge in [-0.1, -0.05) is 34.6 Å². The van der Waals surface area contributed by atoms with Crippen molar-refractivity contribution in [1.29, 1.82) is 0 Å². The topological polar surface area (TPSA) is 29.1 Å². The van der Waals surface area contributed by atoms with Gasteiger partial charge in [0.1, 0.15) is 0 Å². The van der Waals surface area contributed by atoms with Crippen LogP contribution in [-0.4, -0.2) is 27.3 Å². The van der Waals surface area contributed by atoms with Gasteiger partial charge in [-0.3, -0.25) is 4.21 Å². The van der Waals surface area contributed by atoms with Crippen molar-refractivity contribution < 1.29 is 4.21 Å². The predicted octanol–water partition coefficient (Wildman–Crippen LogP) is 2.56. The summed E-state index contributed by atoms with van der Waals surface area (Å²) in [6.07, 6.45) is 2.23. The van der Waals surface area contributed by atoms with Crippen LogP contribution in [0.15, 0.2) is 0 Å². The van der Waals surface area contributed by atoms with Crippen molar-refractivity contribution in [3.8, 4) is 0 Å². The van der Waals surface area contributed by atoms with Crippen molar-refractivity contribution >= 4 is 10.8 Å². The van der Waals surface area contributed by atoms with Crippen LogP contribution in [0.25, 0.3) is 0 Å². The highest BCUT2D eigenvalue weighted by atomic mass is 32.2. The molecule has 0 aromatic carbocycles. The van der Waals surface area contributed by atoms with Gasteiger partial charge in [0.25, 0.3) is 0 Å². The van der Waals surface area contributed by atoms with Crippen LogP contribution in [0.4, 0.5) is 0 Å². The van der Waals surface area contributed by atoms with Crippen LogP contribution in [0.2, 0.25) is 0 Å². The van der Waals surface area contributed by atoms with E-state index in [9.17, 15) is 4.21 Å². The van der Waals surface area contributed by atoms with Gasteiger partial charge >= 0.3 is 0 Å². The van der Waals surface area contributed by atoms with E-state index in [4.69, 9.17) is 0 Å². The van der Waals surface area contributed by atoms with E-state index in [2.05, 4.69) is 39.9 Å². The molecular formula is C13H27NOS. The molecule has 1 rings (SSSR count). The van der Waals surface area contributed by atoms with Crippen LogP contribution >= 0.6 is 0 Å². The molecule has 0 bridgehead atoms. The van der Waals surface area contributed by atoms with E-state index in [1.165, 1.54) is 0 Å². The lowest BCUT2D eigenvalue weighted by Crippen LogP contribution is -2.57. The van der Waals surface area contributed by atoms with Crippen LogP contribution in [0, 0.1) is 11.8 Å². The molecule has 4 atom stereocenters. The largest absolute Gasteiger partial charge is 0.309 e. The number of rotatable bonds is 4. The highest BCUT2D eigenvalue weighted by Gasteiger charge is 2.36. The van der Waals surface area contributed by atoms with Gasteiger partial charge in [0.2, 0.25) is 0 Å². The second-order valence-electron chi connectivity index (χ2n) is 5.76. The highest BCUT2D eigenvalue weighted by molar-refractivity contribution is 7.85. The van der Waals surface area contributed by atoms with Gasteiger partial charge in [-0.2, -0.15) is 0 Å². The minimum absolute atomic E-state index is 0.338. The van der Waals surface area contributed by atoms with Crippen molar-refractivity contribution in [2.24, 2.45) is 11.8 Å². The quantitative estimate of drug-likeness (QED) is 0.825. The fraction of sp³-hybridized carbons (Fsp3) is 1.00. The molecule has 1 N–H and O–H groups in total. The van der Waals surface area contributed by atoms with Crippen molar-refractivity contribution in [1.82, 2.24) is 5.32 Å². The summed E-state index contributed by atoms with van der Waals surface area (Å²) in [4.78, 5) is 0. The van der Waals surface area contributed by atoms with Gasteiger partial charge in [0, 0.05) is 28.6 Å². The monoisotopic (exact) mass is 245 g/mol. The van der Waals surface area contributed by atoms with Crippen LogP contribution in [0.5, 0.6) is 0 Å². The lowest BCUT2D eigenvalue weighted by Gasteiger charge is -2.39. The first-order valence-corrected chi connectivity index (χ1v) is 7.97. The lowest BCUT2D eigenvalue weighted by atomic mass is 9.94. The molecule has 0 aromatic rings. The van der Waals surface area contributed by atoms with Crippen LogP contribution in [-0.2, 0) is 10.8 Å². The summed E-state index contributed by atoms with van der Waals surface area (Å²) in [7, 11) is -0.647. The molecule has 0 aliphatic carbocycles. The van der Waals surface area contributed by atoms with Crippen molar-refractivity contribution in [2.45, 2.75) is 64.8 Å². The number of hydrogen-bond acceptors (Lipinski definition) is 2. The molecule has 16 heavy (non-hydrogen) atoms. The molecule has 96 valence electrons. The molecule has 1 aliphatic heterocycles. The Morgan fingerprint density at radius 3 is 2.38 bits per heavy atom. The Morgan fingerprint density at radius 2 is 1.94 bits per heavy atom. The van der Waals surface area contributed by atoms with Gasteiger partial charge in [0.15, 0.2) is 0 Å². The zero-order valence-electron chi connectivity index (χ0n) is 11.3. The minimum atomic E-state index is -0.647. The van der Waals surface area contributed by atoms with Crippen molar-refractivity contribution in [3.63, 3.8) is 0 Å². The van der Waals surface area contributed by atoms with E-state index in [0.29, 0.717) is 29.2 Å². The van der Waals surface area contributed by atoms with E-state index < -0.39 is 10.8 Å². The summed E-state index contributed by atoms with van der Waals surface area (Å²) in [6, 6.07) is 0.902. The summed E-state index contributed by atoms with van der Waals surface area (Å²) < 4.78 is 12.3. The zero-order valence-corrected chi connectivity index (χ0v) is 12.1. The predicted molar refractivity (Wildman–Crippen MR) is 72.1 cm³/mol. The number of hydrogen-bond donors (Lipinski definition) is 1. The third-order valence-electron chi connectivity index (χ3n) is 3.39. The molecular weight excluding hydrogens is 218 g/mol. The SMILES string of the molecule is CCC1CS(=O)C(C(C)C)C(CC(C)C)N1. The Morgan fingerprint density at radius 1 is 1.31 bits per heavy atom. The molecule has 0 aromatic heterocycles. The summed E-state index contributed by atoms with van der Waals surface area (Å²) in [5.41, 5.74) is 0. The Bertz CT molecular complexity index is 240. The minimum Gasteiger partial charge on any atom is -0.309 e. The standard InChI is InChI=1S/C13H27NOS/c1-6-11-8-16(15)13(10(4)5)12(14-11)7-9(2)3/h9-14H,6-8H2,1-5H3. The molecule has 0 saturated carbocycles. The third-order valence-corrected chi connectivity index (χ3v) is 5.60. The maximum absolute atomic E-state index is 12.3. The first-order chi connectivity index (χ1) is 7.45. The average molecular weight is 245 g/mol. The Kier molecular flexibility index (Phi) is 5.45. The molecule has 1 saturated heterocycles. The van der Waals surface area contributed by atoms with Crippen LogP contribution < -0.4 is 5.32 Å². The molecule has 0 radical (unpaired) electrons. The Hall–Kier alpha value is 0.110. The molecule has 0 amide bonds. The first-order valence-electron chi connectivity index (χ1n) is 6.58. The summed E-state index contributed by atoms with van der Waals surface area (Å²) in [5.74, 6) is 2.02. The average Bonchev–Trinajstić information content (AvgIpc) is 2.14. The normalized spacial score (nSPS) is 35.9. The smallest absolute Gasteiger partial charge is 0.0524 e. The molecule has 1 heterocycles. The Labute approximate surface area is 103 Å². The maximum Gasteiger partial charge on any atom is 0.0524 e. The van der Waals surface area contributed by atoms with E-state index >= 15 is 0 Å². The first kappa shape index (κ1) is 14.2. The molecule has 1 fully saturated rings. The van der Waals surface area contributed by atoms with Gasteiger partial charge in [0.05, 0.1) is 5.25 Å². The van der Waals surface area contributed by atoms with E-state index in [-0.39, 0.29) is 0 Å². The van der Waals surface area contributed by atoms with E-state index in [0.717, 1.165) is 18.6 Å². The lowest BCUT2D eigenvalue weighted by molar-refractivity contribution is 0.321. The molecule has 3 heteroatoms. The van der Waals surface area contributed by atoms with E-state index in [1.807, 2.05) is 0 Å². The third kappa shape index (κ3) is 3.56. The summed E-state index contributed by atoms with van der Waals surface area (Å²) in [5, 5.41) is 4.04. The van der Waals surface area contributed by atoms with Gasteiger partial charge in [-0.15, -0.1) is 0 Å². The second-order valence-corrected chi connectivity index (χ2v) is 7.40. The zero-order chi connectivity index (χ0) is 12.3. The molecule has 1 aliphatic rings. The highest BCUT2D eigenvalue weighted by Crippen LogP contribution is 2.24. The van der Waals surface area contributed by atoms with Gasteiger partial charge < -0.3 is 5.32 Å². The summed E-state index contributed by atoms with van der Waals surface area (Å²) >= 11 is 0. The second kappa shape index (κ2) is 6.15. The fourth-order valence-corrected chi connectivity index (χ4v) is 4.77. The van der Waals surface area contributed by atoms with Crippen LogP contribution in [0.3, 0.4) is 0 Å². The van der Waals surface area contributed by atoms with Gasteiger partial charge in [-0.25, -0.2) is 0 Å². The molecule has 0 spiro atoms. The Balaban J connectivity index is 2.75. The van der Waals surface area contributed by atoms with Crippen molar-refractivity contribution in [2.75, 3.05) is 5.75 Å². The number of nitrogens with one attached hydrogen (secondary N) is 1. The van der Waals surface area contributed by atoms with E-state index in [1.54, 1.807) is 0 Å². The van der Waals surface area contributed by atoms with Gasteiger partial charge in [-0.05, 0) is 24.7 Å². The fourth-order valence-electron chi connectivity index (χ4n) is 2.65. The molecule has 4 unspecified atom stereocenters. The van der Waals surface area contributed by atoms with Crippen LogP contribution in [0.1, 0.15) is 47.5 Å². The maximum atomic E-state index is 12.3. The summed E-state index contributed by atoms with van der Waals surface area (Å²) in [6.45, 7) is 11.1. The molecule has 2 nitrogen and oxygen atoms in total. The van der Waals surface area contributed by atoms with Crippen molar-refractivity contribution in [3.05, 3.63) is 0 Å².